The van der Waals surface area contributed by atoms with Crippen molar-refractivity contribution in [3.63, 3.8) is 0 Å². The summed E-state index contributed by atoms with van der Waals surface area (Å²) < 4.78 is 0. The lowest BCUT2D eigenvalue weighted by atomic mass is 10.0. The van der Waals surface area contributed by atoms with Crippen molar-refractivity contribution in [2.45, 2.75) is 50.4 Å². The van der Waals surface area contributed by atoms with Gasteiger partial charge in [0, 0.05) is 23.6 Å². The zero-order valence-corrected chi connectivity index (χ0v) is 18.3. The number of aromatic amines is 1. The van der Waals surface area contributed by atoms with Crippen LogP contribution in [0.3, 0.4) is 0 Å². The Morgan fingerprint density at radius 3 is 2.67 bits per heavy atom. The quantitative estimate of drug-likeness (QED) is 0.281. The van der Waals surface area contributed by atoms with Crippen molar-refractivity contribution in [3.8, 4) is 0 Å². The summed E-state index contributed by atoms with van der Waals surface area (Å²) in [6.45, 7) is 0.999. The van der Waals surface area contributed by atoms with Crippen LogP contribution in [0.1, 0.15) is 25.3 Å². The van der Waals surface area contributed by atoms with Gasteiger partial charge in [0.1, 0.15) is 18.1 Å². The predicted molar refractivity (Wildman–Crippen MR) is 119 cm³/mol. The summed E-state index contributed by atoms with van der Waals surface area (Å²) in [6, 6.07) is 3.58. The maximum Gasteiger partial charge on any atom is 0.328 e. The van der Waals surface area contributed by atoms with E-state index in [0.717, 1.165) is 16.5 Å². The SMILES string of the molecule is CC(NC(=O)C1CCCN1C(=O)C(N)Cc1c[nH]c2ccccc12)C(=O)NC(CO)C(=O)O. The molecule has 33 heavy (non-hydrogen) atoms. The van der Waals surface area contributed by atoms with E-state index in [4.69, 9.17) is 15.9 Å². The highest BCUT2D eigenvalue weighted by molar-refractivity contribution is 5.94. The van der Waals surface area contributed by atoms with Gasteiger partial charge in [0.15, 0.2) is 0 Å². The summed E-state index contributed by atoms with van der Waals surface area (Å²) in [5.41, 5.74) is 8.07. The molecule has 11 heteroatoms. The fraction of sp³-hybridized carbons (Fsp3) is 0.455. The van der Waals surface area contributed by atoms with Gasteiger partial charge in [-0.1, -0.05) is 18.2 Å². The van der Waals surface area contributed by atoms with Crippen molar-refractivity contribution < 1.29 is 29.4 Å². The molecule has 0 bridgehead atoms. The normalized spacial score (nSPS) is 18.5. The minimum Gasteiger partial charge on any atom is -0.480 e. The Hall–Kier alpha value is -3.44. The van der Waals surface area contributed by atoms with Crippen molar-refractivity contribution in [1.29, 1.82) is 0 Å². The standard InChI is InChI=1S/C22H29N5O6/c1-12(19(29)26-17(11-28)22(32)33)25-20(30)18-7-4-8-27(18)21(31)15(23)9-13-10-24-16-6-3-2-5-14(13)16/h2-3,5-6,10,12,15,17-18,24,28H,4,7-9,11,23H2,1H3,(H,25,30)(H,26,29)(H,32,33). The van der Waals surface area contributed by atoms with Crippen LogP contribution in [-0.4, -0.2) is 81.1 Å². The maximum atomic E-state index is 13.0. The average Bonchev–Trinajstić information content (AvgIpc) is 3.44. The van der Waals surface area contributed by atoms with Crippen molar-refractivity contribution in [3.05, 3.63) is 36.0 Å². The largest absolute Gasteiger partial charge is 0.480 e. The summed E-state index contributed by atoms with van der Waals surface area (Å²) >= 11 is 0. The van der Waals surface area contributed by atoms with Crippen LogP contribution in [0.4, 0.5) is 0 Å². The Bertz CT molecular complexity index is 1040. The first-order valence-corrected chi connectivity index (χ1v) is 10.8. The highest BCUT2D eigenvalue weighted by Gasteiger charge is 2.37. The minimum atomic E-state index is -1.47. The lowest BCUT2D eigenvalue weighted by molar-refractivity contribution is -0.143. The number of carbonyl (C=O) groups excluding carboxylic acids is 3. The van der Waals surface area contributed by atoms with Crippen molar-refractivity contribution in [2.75, 3.05) is 13.2 Å². The molecule has 4 unspecified atom stereocenters. The van der Waals surface area contributed by atoms with Gasteiger partial charge < -0.3 is 36.5 Å². The van der Waals surface area contributed by atoms with Gasteiger partial charge in [0.05, 0.1) is 12.6 Å². The molecule has 0 radical (unpaired) electrons. The Balaban J connectivity index is 1.60. The van der Waals surface area contributed by atoms with E-state index in [1.807, 2.05) is 30.5 Å². The molecule has 0 spiro atoms. The van der Waals surface area contributed by atoms with Gasteiger partial charge >= 0.3 is 5.97 Å². The third-order valence-electron chi connectivity index (χ3n) is 5.82. The number of rotatable bonds is 9. The molecule has 1 aromatic carbocycles. The van der Waals surface area contributed by atoms with Crippen molar-refractivity contribution in [1.82, 2.24) is 20.5 Å². The van der Waals surface area contributed by atoms with Gasteiger partial charge in [-0.2, -0.15) is 0 Å². The van der Waals surface area contributed by atoms with E-state index in [1.165, 1.54) is 11.8 Å². The summed E-state index contributed by atoms with van der Waals surface area (Å²) in [6.07, 6.45) is 3.18. The molecule has 1 aromatic heterocycles. The highest BCUT2D eigenvalue weighted by atomic mass is 16.4. The first-order valence-electron chi connectivity index (χ1n) is 10.8. The Morgan fingerprint density at radius 2 is 1.97 bits per heavy atom. The number of nitrogens with two attached hydrogens (primary N) is 1. The average molecular weight is 460 g/mol. The number of para-hydroxylation sites is 1. The van der Waals surface area contributed by atoms with Gasteiger partial charge in [0.2, 0.25) is 17.7 Å². The van der Waals surface area contributed by atoms with Crippen molar-refractivity contribution >= 4 is 34.6 Å². The first kappa shape index (κ1) is 24.2. The molecule has 1 aliphatic heterocycles. The number of aliphatic hydroxyl groups excluding tert-OH is 1. The Labute approximate surface area is 190 Å². The summed E-state index contributed by atoms with van der Waals surface area (Å²) in [4.78, 5) is 53.6. The number of hydrogen-bond acceptors (Lipinski definition) is 6. The first-order chi connectivity index (χ1) is 15.7. The number of aromatic nitrogens is 1. The number of nitrogens with one attached hydrogen (secondary N) is 3. The van der Waals surface area contributed by atoms with Gasteiger partial charge in [0.25, 0.3) is 0 Å². The number of carboxylic acids is 1. The lowest BCUT2D eigenvalue weighted by Gasteiger charge is -2.27. The molecule has 4 atom stereocenters. The van der Waals surface area contributed by atoms with Crippen LogP contribution in [0.2, 0.25) is 0 Å². The van der Waals surface area contributed by atoms with Gasteiger partial charge in [-0.3, -0.25) is 14.4 Å². The van der Waals surface area contributed by atoms with E-state index in [9.17, 15) is 19.2 Å². The van der Waals surface area contributed by atoms with Gasteiger partial charge in [-0.25, -0.2) is 4.79 Å². The monoisotopic (exact) mass is 459 g/mol. The molecule has 3 amide bonds. The molecule has 1 aliphatic rings. The molecular formula is C22H29N5O6. The Morgan fingerprint density at radius 1 is 1.24 bits per heavy atom. The molecule has 178 valence electrons. The van der Waals surface area contributed by atoms with Crippen LogP contribution in [0, 0.1) is 0 Å². The number of carbonyl (C=O) groups is 4. The molecule has 7 N–H and O–H groups in total. The maximum absolute atomic E-state index is 13.0. The summed E-state index contributed by atoms with van der Waals surface area (Å²) in [7, 11) is 0. The fourth-order valence-electron chi connectivity index (χ4n) is 4.00. The molecule has 1 saturated heterocycles. The fourth-order valence-corrected chi connectivity index (χ4v) is 4.00. The van der Waals surface area contributed by atoms with Crippen LogP contribution >= 0.6 is 0 Å². The number of likely N-dealkylation sites (tertiary alicyclic amines) is 1. The van der Waals surface area contributed by atoms with Crippen LogP contribution in [0.15, 0.2) is 30.5 Å². The molecular weight excluding hydrogens is 430 g/mol. The number of aliphatic carboxylic acids is 1. The lowest BCUT2D eigenvalue weighted by Crippen LogP contribution is -2.56. The number of aliphatic hydroxyl groups is 1. The summed E-state index contributed by atoms with van der Waals surface area (Å²) in [5, 5.41) is 23.6. The number of benzene rings is 1. The molecule has 2 heterocycles. The van der Waals surface area contributed by atoms with E-state index in [0.29, 0.717) is 25.8 Å². The number of nitrogens with zero attached hydrogens (tertiary/aromatic N) is 1. The van der Waals surface area contributed by atoms with Crippen LogP contribution in [-0.2, 0) is 25.6 Å². The molecule has 11 nitrogen and oxygen atoms in total. The molecule has 1 fully saturated rings. The number of fused-ring (bicyclic) bond motifs is 1. The van der Waals surface area contributed by atoms with E-state index in [-0.39, 0.29) is 5.91 Å². The third kappa shape index (κ3) is 5.49. The molecule has 2 aromatic rings. The number of hydrogen-bond donors (Lipinski definition) is 6. The number of H-pyrrole nitrogens is 1. The molecule has 0 aliphatic carbocycles. The Kier molecular flexibility index (Phi) is 7.67. The van der Waals surface area contributed by atoms with Crippen LogP contribution in [0.25, 0.3) is 10.9 Å². The van der Waals surface area contributed by atoms with Crippen molar-refractivity contribution in [2.24, 2.45) is 5.73 Å². The van der Waals surface area contributed by atoms with Crippen LogP contribution in [0.5, 0.6) is 0 Å². The van der Waals surface area contributed by atoms with Crippen LogP contribution < -0.4 is 16.4 Å². The number of amides is 3. The van der Waals surface area contributed by atoms with E-state index < -0.39 is 48.6 Å². The number of carboxylic acid groups (broad SMARTS) is 1. The van der Waals surface area contributed by atoms with E-state index in [1.54, 1.807) is 0 Å². The zero-order chi connectivity index (χ0) is 24.1. The second-order valence-corrected chi connectivity index (χ2v) is 8.17. The van der Waals surface area contributed by atoms with E-state index in [2.05, 4.69) is 15.6 Å². The van der Waals surface area contributed by atoms with E-state index >= 15 is 0 Å². The van der Waals surface area contributed by atoms with Gasteiger partial charge in [-0.15, -0.1) is 0 Å². The summed E-state index contributed by atoms with van der Waals surface area (Å²) in [5.74, 6) is -3.00. The smallest absolute Gasteiger partial charge is 0.328 e. The zero-order valence-electron chi connectivity index (χ0n) is 18.3. The predicted octanol–water partition coefficient (Wildman–Crippen LogP) is -0.905. The second kappa shape index (κ2) is 10.5. The third-order valence-corrected chi connectivity index (χ3v) is 5.82. The highest BCUT2D eigenvalue weighted by Crippen LogP contribution is 2.22. The topological polar surface area (TPSA) is 178 Å². The molecule has 0 saturated carbocycles. The minimum absolute atomic E-state index is 0.310. The molecule has 3 rings (SSSR count). The second-order valence-electron chi connectivity index (χ2n) is 8.17. The van der Waals surface area contributed by atoms with Gasteiger partial charge in [-0.05, 0) is 37.8 Å².